The van der Waals surface area contributed by atoms with Gasteiger partial charge >= 0.3 is 6.09 Å². The van der Waals surface area contributed by atoms with Gasteiger partial charge in [-0.25, -0.2) is 4.79 Å². The topological polar surface area (TPSA) is 97.0 Å². The molecule has 2 amide bonds. The van der Waals surface area contributed by atoms with Gasteiger partial charge in [0.2, 0.25) is 5.91 Å². The van der Waals surface area contributed by atoms with Gasteiger partial charge in [0.15, 0.2) is 5.78 Å². The van der Waals surface area contributed by atoms with Gasteiger partial charge in [-0.05, 0) is 54.7 Å². The van der Waals surface area contributed by atoms with Crippen molar-refractivity contribution >= 4 is 23.5 Å². The fourth-order valence-corrected chi connectivity index (χ4v) is 5.42. The lowest BCUT2D eigenvalue weighted by molar-refractivity contribution is -0.130. The van der Waals surface area contributed by atoms with Gasteiger partial charge in [-0.3, -0.25) is 9.59 Å². The monoisotopic (exact) mass is 535 g/mol. The SMILES string of the molecule is CC(C)CC(NC(=O)OCc1ccccc1)C(=O)N[C@]1(C(=O)CN2CCCOc3ccccc32)C[C@H]1C(C)C. The molecule has 8 nitrogen and oxygen atoms in total. The highest BCUT2D eigenvalue weighted by Crippen LogP contribution is 2.49. The summed E-state index contributed by atoms with van der Waals surface area (Å²) in [6.07, 6.45) is 1.17. The first-order chi connectivity index (χ1) is 18.7. The number of ketones is 1. The minimum Gasteiger partial charge on any atom is -0.491 e. The van der Waals surface area contributed by atoms with Crippen molar-refractivity contribution in [2.75, 3.05) is 24.6 Å². The van der Waals surface area contributed by atoms with E-state index in [0.717, 1.165) is 23.4 Å². The van der Waals surface area contributed by atoms with E-state index in [4.69, 9.17) is 9.47 Å². The number of amides is 2. The summed E-state index contributed by atoms with van der Waals surface area (Å²) in [6, 6.07) is 16.3. The van der Waals surface area contributed by atoms with Crippen LogP contribution in [-0.4, -0.2) is 49.1 Å². The summed E-state index contributed by atoms with van der Waals surface area (Å²) < 4.78 is 11.2. The zero-order valence-electron chi connectivity index (χ0n) is 23.4. The molecule has 2 N–H and O–H groups in total. The second kappa shape index (κ2) is 12.5. The third-order valence-corrected chi connectivity index (χ3v) is 7.56. The predicted octanol–water partition coefficient (Wildman–Crippen LogP) is 4.72. The molecular formula is C31H41N3O5. The van der Waals surface area contributed by atoms with Crippen molar-refractivity contribution in [1.82, 2.24) is 10.6 Å². The quantitative estimate of drug-likeness (QED) is 0.432. The van der Waals surface area contributed by atoms with Gasteiger partial charge in [0.25, 0.3) is 0 Å². The smallest absolute Gasteiger partial charge is 0.408 e. The number of hydrogen-bond donors (Lipinski definition) is 2. The molecule has 3 atom stereocenters. The summed E-state index contributed by atoms with van der Waals surface area (Å²) >= 11 is 0. The molecule has 0 aromatic heterocycles. The Hall–Kier alpha value is -3.55. The molecule has 0 spiro atoms. The Morgan fingerprint density at radius 2 is 1.77 bits per heavy atom. The van der Waals surface area contributed by atoms with Gasteiger partial charge in [0, 0.05) is 6.54 Å². The van der Waals surface area contributed by atoms with Crippen molar-refractivity contribution < 1.29 is 23.9 Å². The fourth-order valence-electron chi connectivity index (χ4n) is 5.42. The second-order valence-corrected chi connectivity index (χ2v) is 11.4. The molecule has 2 aromatic carbocycles. The molecule has 210 valence electrons. The van der Waals surface area contributed by atoms with Crippen LogP contribution in [0.2, 0.25) is 0 Å². The van der Waals surface area contributed by atoms with Gasteiger partial charge in [-0.2, -0.15) is 0 Å². The summed E-state index contributed by atoms with van der Waals surface area (Å²) in [7, 11) is 0. The molecule has 0 radical (unpaired) electrons. The zero-order chi connectivity index (χ0) is 28.0. The summed E-state index contributed by atoms with van der Waals surface area (Å²) in [5.74, 6) is 0.819. The van der Waals surface area contributed by atoms with Crippen LogP contribution in [0.5, 0.6) is 5.75 Å². The number of alkyl carbamates (subject to hydrolysis) is 1. The maximum atomic E-state index is 13.9. The number of ether oxygens (including phenoxy) is 2. The van der Waals surface area contributed by atoms with Crippen LogP contribution in [-0.2, 0) is 20.9 Å². The molecule has 0 saturated heterocycles. The highest BCUT2D eigenvalue weighted by Gasteiger charge is 2.61. The number of nitrogens with one attached hydrogen (secondary N) is 2. The second-order valence-electron chi connectivity index (χ2n) is 11.4. The molecule has 2 aromatic rings. The Morgan fingerprint density at radius 1 is 1.05 bits per heavy atom. The molecule has 1 aliphatic heterocycles. The minimum atomic E-state index is -0.946. The lowest BCUT2D eigenvalue weighted by atomic mass is 9.97. The molecule has 1 aliphatic carbocycles. The summed E-state index contributed by atoms with van der Waals surface area (Å²) in [4.78, 5) is 42.1. The average Bonchev–Trinajstić information content (AvgIpc) is 3.68. The van der Waals surface area contributed by atoms with Crippen molar-refractivity contribution in [1.29, 1.82) is 0 Å². The van der Waals surface area contributed by atoms with Crippen molar-refractivity contribution in [3.63, 3.8) is 0 Å². The first-order valence-electron chi connectivity index (χ1n) is 14.0. The number of benzene rings is 2. The first kappa shape index (κ1) is 28.5. The fraction of sp³-hybridized carbons (Fsp3) is 0.516. The maximum absolute atomic E-state index is 13.9. The molecule has 1 fully saturated rings. The number of carbonyl (C=O) groups is 3. The van der Waals surface area contributed by atoms with Crippen LogP contribution in [0.25, 0.3) is 0 Å². The number of Topliss-reactive ketones (excluding diaryl/α,β-unsaturated/α-hetero) is 1. The Bertz CT molecular complexity index is 1150. The van der Waals surface area contributed by atoms with Gasteiger partial charge < -0.3 is 25.0 Å². The Labute approximate surface area is 231 Å². The van der Waals surface area contributed by atoms with Crippen LogP contribution in [0.15, 0.2) is 54.6 Å². The summed E-state index contributed by atoms with van der Waals surface area (Å²) in [6.45, 7) is 9.73. The standard InChI is InChI=1S/C31H41N3O5/c1-21(2)17-25(32-30(37)39-20-23-11-6-5-7-12-23)29(36)33-31(18-24(31)22(3)4)28(35)19-34-15-10-16-38-27-14-9-8-13-26(27)34/h5-9,11-14,21-22,24-25H,10,15-20H2,1-4H3,(H,32,37)(H,33,36)/t24-,25?,31+/m0/s1. The molecule has 39 heavy (non-hydrogen) atoms. The van der Waals surface area contributed by atoms with Crippen LogP contribution >= 0.6 is 0 Å². The normalized spacial score (nSPS) is 20.9. The van der Waals surface area contributed by atoms with Crippen LogP contribution in [0, 0.1) is 17.8 Å². The van der Waals surface area contributed by atoms with Crippen molar-refractivity contribution in [2.24, 2.45) is 17.8 Å². The third-order valence-electron chi connectivity index (χ3n) is 7.56. The van der Waals surface area contributed by atoms with E-state index in [1.54, 1.807) is 0 Å². The Balaban J connectivity index is 1.45. The van der Waals surface area contributed by atoms with E-state index in [-0.39, 0.29) is 42.6 Å². The highest BCUT2D eigenvalue weighted by atomic mass is 16.5. The van der Waals surface area contributed by atoms with Crippen molar-refractivity contribution in [3.05, 3.63) is 60.2 Å². The van der Waals surface area contributed by atoms with Crippen LogP contribution in [0.3, 0.4) is 0 Å². The number of hydrogen-bond acceptors (Lipinski definition) is 6. The molecular weight excluding hydrogens is 494 g/mol. The third kappa shape index (κ3) is 7.11. The molecule has 1 saturated carbocycles. The van der Waals surface area contributed by atoms with E-state index in [1.165, 1.54) is 0 Å². The van der Waals surface area contributed by atoms with E-state index >= 15 is 0 Å². The van der Waals surface area contributed by atoms with Gasteiger partial charge in [0.05, 0.1) is 18.8 Å². The van der Waals surface area contributed by atoms with E-state index in [0.29, 0.717) is 26.0 Å². The molecule has 8 heteroatoms. The number of para-hydroxylation sites is 2. The number of rotatable bonds is 11. The van der Waals surface area contributed by atoms with Crippen LogP contribution < -0.4 is 20.3 Å². The molecule has 4 rings (SSSR count). The molecule has 1 unspecified atom stereocenters. The van der Waals surface area contributed by atoms with Crippen LogP contribution in [0.1, 0.15) is 52.5 Å². The first-order valence-corrected chi connectivity index (χ1v) is 14.0. The van der Waals surface area contributed by atoms with E-state index in [1.807, 2.05) is 68.4 Å². The molecule has 0 bridgehead atoms. The van der Waals surface area contributed by atoms with Crippen LogP contribution in [0.4, 0.5) is 10.5 Å². The predicted molar refractivity (Wildman–Crippen MR) is 151 cm³/mol. The van der Waals surface area contributed by atoms with E-state index in [9.17, 15) is 14.4 Å². The zero-order valence-corrected chi connectivity index (χ0v) is 23.4. The molecule has 1 heterocycles. The van der Waals surface area contributed by atoms with E-state index < -0.39 is 17.7 Å². The highest BCUT2D eigenvalue weighted by molar-refractivity contribution is 6.00. The lowest BCUT2D eigenvalue weighted by Gasteiger charge is -2.28. The average molecular weight is 536 g/mol. The summed E-state index contributed by atoms with van der Waals surface area (Å²) in [5.41, 5.74) is 0.811. The number of carbonyl (C=O) groups excluding carboxylic acids is 3. The lowest BCUT2D eigenvalue weighted by Crippen LogP contribution is -2.56. The Kier molecular flexibility index (Phi) is 9.15. The number of fused-ring (bicyclic) bond motifs is 1. The van der Waals surface area contributed by atoms with Gasteiger partial charge in [-0.15, -0.1) is 0 Å². The number of nitrogens with zero attached hydrogens (tertiary/aromatic N) is 1. The minimum absolute atomic E-state index is 0.0128. The maximum Gasteiger partial charge on any atom is 0.408 e. The number of anilines is 1. The van der Waals surface area contributed by atoms with Crippen molar-refractivity contribution in [3.8, 4) is 5.75 Å². The molecule has 2 aliphatic rings. The Morgan fingerprint density at radius 3 is 2.46 bits per heavy atom. The largest absolute Gasteiger partial charge is 0.491 e. The van der Waals surface area contributed by atoms with Crippen molar-refractivity contribution in [2.45, 2.75) is 65.1 Å². The van der Waals surface area contributed by atoms with Gasteiger partial charge in [0.1, 0.15) is 23.9 Å². The van der Waals surface area contributed by atoms with Gasteiger partial charge in [-0.1, -0.05) is 70.2 Å². The van der Waals surface area contributed by atoms with E-state index in [2.05, 4.69) is 29.4 Å². The summed E-state index contributed by atoms with van der Waals surface area (Å²) in [5, 5.41) is 5.84.